The first-order chi connectivity index (χ1) is 9.19. The van der Waals surface area contributed by atoms with Crippen molar-refractivity contribution in [1.29, 1.82) is 0 Å². The third kappa shape index (κ3) is 2.72. The van der Waals surface area contributed by atoms with Gasteiger partial charge in [0.15, 0.2) is 0 Å². The van der Waals surface area contributed by atoms with Crippen LogP contribution in [0.5, 0.6) is 0 Å². The molecule has 4 heteroatoms. The summed E-state index contributed by atoms with van der Waals surface area (Å²) < 4.78 is 10.3. The summed E-state index contributed by atoms with van der Waals surface area (Å²) in [4.78, 5) is 24.2. The summed E-state index contributed by atoms with van der Waals surface area (Å²) in [5, 5.41) is 0. The average molecular weight is 264 g/mol. The molecule has 4 atom stereocenters. The van der Waals surface area contributed by atoms with Crippen molar-refractivity contribution < 1.29 is 19.1 Å². The van der Waals surface area contributed by atoms with Crippen LogP contribution in [0.15, 0.2) is 25.3 Å². The minimum atomic E-state index is -0.337. The van der Waals surface area contributed by atoms with Crippen molar-refractivity contribution in [1.82, 2.24) is 0 Å². The van der Waals surface area contributed by atoms with E-state index in [-0.39, 0.29) is 48.8 Å². The van der Waals surface area contributed by atoms with Crippen molar-refractivity contribution >= 4 is 11.9 Å². The Balaban J connectivity index is 2.06. The quantitative estimate of drug-likeness (QED) is 0.544. The Labute approximate surface area is 113 Å². The molecule has 2 rings (SSSR count). The van der Waals surface area contributed by atoms with Crippen molar-refractivity contribution in [2.75, 3.05) is 13.2 Å². The normalized spacial score (nSPS) is 31.8. The first-order valence-electron chi connectivity index (χ1n) is 6.74. The summed E-state index contributed by atoms with van der Waals surface area (Å²) in [6.45, 7) is 7.44. The monoisotopic (exact) mass is 264 g/mol. The molecule has 19 heavy (non-hydrogen) atoms. The molecular weight excluding hydrogens is 244 g/mol. The Hall–Kier alpha value is -1.58. The predicted octanol–water partition coefficient (Wildman–Crippen LogP) is 2.11. The van der Waals surface area contributed by atoms with Crippen LogP contribution in [0.4, 0.5) is 0 Å². The van der Waals surface area contributed by atoms with Gasteiger partial charge in [0.2, 0.25) is 0 Å². The van der Waals surface area contributed by atoms with Crippen LogP contribution >= 0.6 is 0 Å². The summed E-state index contributed by atoms with van der Waals surface area (Å²) >= 11 is 0. The number of carbonyl (C=O) groups excluding carboxylic acids is 2. The fraction of sp³-hybridized carbons (Fsp3) is 0.600. The maximum atomic E-state index is 12.1. The SMILES string of the molecule is C=CCOC(=O)C1C2CCC(C2)C1C(=O)OCC=C. The molecule has 2 saturated carbocycles. The first-order valence-corrected chi connectivity index (χ1v) is 6.74. The van der Waals surface area contributed by atoms with Gasteiger partial charge in [0.05, 0.1) is 11.8 Å². The van der Waals surface area contributed by atoms with Crippen molar-refractivity contribution in [3.8, 4) is 0 Å². The van der Waals surface area contributed by atoms with E-state index in [4.69, 9.17) is 9.47 Å². The zero-order valence-corrected chi connectivity index (χ0v) is 11.0. The number of hydrogen-bond acceptors (Lipinski definition) is 4. The predicted molar refractivity (Wildman–Crippen MR) is 70.1 cm³/mol. The zero-order valence-electron chi connectivity index (χ0n) is 11.0. The zero-order chi connectivity index (χ0) is 13.8. The summed E-state index contributed by atoms with van der Waals surface area (Å²) in [5.41, 5.74) is 0. The Morgan fingerprint density at radius 2 is 1.37 bits per heavy atom. The lowest BCUT2D eigenvalue weighted by atomic mass is 9.79. The molecule has 2 bridgehead atoms. The third-order valence-electron chi connectivity index (χ3n) is 4.15. The highest BCUT2D eigenvalue weighted by Gasteiger charge is 2.55. The molecule has 0 radical (unpaired) electrons. The van der Waals surface area contributed by atoms with Crippen molar-refractivity contribution in [2.24, 2.45) is 23.7 Å². The molecule has 0 N–H and O–H groups in total. The highest BCUT2D eigenvalue weighted by molar-refractivity contribution is 5.83. The molecule has 4 unspecified atom stereocenters. The van der Waals surface area contributed by atoms with Gasteiger partial charge in [0.1, 0.15) is 13.2 Å². The smallest absolute Gasteiger partial charge is 0.310 e. The second-order valence-electron chi connectivity index (χ2n) is 5.22. The van der Waals surface area contributed by atoms with Crippen LogP contribution < -0.4 is 0 Å². The van der Waals surface area contributed by atoms with E-state index in [1.54, 1.807) is 0 Å². The van der Waals surface area contributed by atoms with Gasteiger partial charge in [-0.3, -0.25) is 9.59 Å². The van der Waals surface area contributed by atoms with Crippen LogP contribution in [0.25, 0.3) is 0 Å². The summed E-state index contributed by atoms with van der Waals surface area (Å²) in [7, 11) is 0. The third-order valence-corrected chi connectivity index (χ3v) is 4.15. The van der Waals surface area contributed by atoms with Gasteiger partial charge in [-0.25, -0.2) is 0 Å². The second kappa shape index (κ2) is 6.04. The van der Waals surface area contributed by atoms with Gasteiger partial charge in [-0.2, -0.15) is 0 Å². The lowest BCUT2D eigenvalue weighted by Crippen LogP contribution is -2.37. The molecule has 2 aliphatic carbocycles. The van der Waals surface area contributed by atoms with Crippen molar-refractivity contribution in [2.45, 2.75) is 19.3 Å². The molecule has 0 heterocycles. The Morgan fingerprint density at radius 3 is 1.74 bits per heavy atom. The van der Waals surface area contributed by atoms with E-state index in [2.05, 4.69) is 13.2 Å². The molecule has 0 aromatic carbocycles. The number of carbonyl (C=O) groups is 2. The standard InChI is InChI=1S/C15H20O4/c1-3-7-18-14(16)12-10-5-6-11(9-10)13(12)15(17)19-8-4-2/h3-4,10-13H,1-2,5-9H2. The van der Waals surface area contributed by atoms with E-state index >= 15 is 0 Å². The van der Waals surface area contributed by atoms with Gasteiger partial charge < -0.3 is 9.47 Å². The number of rotatable bonds is 6. The fourth-order valence-electron chi connectivity index (χ4n) is 3.44. The fourth-order valence-corrected chi connectivity index (χ4v) is 3.44. The van der Waals surface area contributed by atoms with E-state index in [0.717, 1.165) is 19.3 Å². The number of hydrogen-bond donors (Lipinski definition) is 0. The van der Waals surface area contributed by atoms with Crippen molar-refractivity contribution in [3.63, 3.8) is 0 Å². The number of ether oxygens (including phenoxy) is 2. The molecule has 0 aromatic heterocycles. The topological polar surface area (TPSA) is 52.6 Å². The van der Waals surface area contributed by atoms with Crippen LogP contribution in [-0.4, -0.2) is 25.2 Å². The molecule has 0 saturated heterocycles. The van der Waals surface area contributed by atoms with Gasteiger partial charge in [0, 0.05) is 0 Å². The lowest BCUT2D eigenvalue weighted by molar-refractivity contribution is -0.162. The molecular formula is C15H20O4. The number of fused-ring (bicyclic) bond motifs is 2. The Bertz CT molecular complexity index is 352. The van der Waals surface area contributed by atoms with E-state index in [9.17, 15) is 9.59 Å². The average Bonchev–Trinajstić information content (AvgIpc) is 3.02. The van der Waals surface area contributed by atoms with Crippen LogP contribution in [0, 0.1) is 23.7 Å². The molecule has 0 amide bonds. The van der Waals surface area contributed by atoms with Gasteiger partial charge in [0.25, 0.3) is 0 Å². The van der Waals surface area contributed by atoms with E-state index in [0.29, 0.717) is 0 Å². The minimum Gasteiger partial charge on any atom is -0.461 e. The van der Waals surface area contributed by atoms with Crippen LogP contribution in [0.2, 0.25) is 0 Å². The molecule has 2 fully saturated rings. The number of esters is 2. The highest BCUT2D eigenvalue weighted by Crippen LogP contribution is 2.53. The first kappa shape index (κ1) is 13.8. The second-order valence-corrected chi connectivity index (χ2v) is 5.22. The summed E-state index contributed by atoms with van der Waals surface area (Å²) in [6, 6.07) is 0. The van der Waals surface area contributed by atoms with E-state index in [1.807, 2.05) is 0 Å². The van der Waals surface area contributed by atoms with E-state index < -0.39 is 0 Å². The molecule has 2 aliphatic rings. The summed E-state index contributed by atoms with van der Waals surface area (Å²) in [6.07, 6.45) is 6.02. The molecule has 4 nitrogen and oxygen atoms in total. The van der Waals surface area contributed by atoms with Gasteiger partial charge in [-0.05, 0) is 31.1 Å². The van der Waals surface area contributed by atoms with E-state index in [1.165, 1.54) is 12.2 Å². The van der Waals surface area contributed by atoms with Crippen LogP contribution in [-0.2, 0) is 19.1 Å². The Morgan fingerprint density at radius 1 is 0.947 bits per heavy atom. The summed E-state index contributed by atoms with van der Waals surface area (Å²) in [5.74, 6) is -0.709. The maximum absolute atomic E-state index is 12.1. The molecule has 0 spiro atoms. The highest BCUT2D eigenvalue weighted by atomic mass is 16.5. The largest absolute Gasteiger partial charge is 0.461 e. The Kier molecular flexibility index (Phi) is 4.40. The maximum Gasteiger partial charge on any atom is 0.310 e. The molecule has 0 aromatic rings. The van der Waals surface area contributed by atoms with Crippen molar-refractivity contribution in [3.05, 3.63) is 25.3 Å². The lowest BCUT2D eigenvalue weighted by Gasteiger charge is -2.27. The molecule has 104 valence electrons. The minimum absolute atomic E-state index is 0.196. The van der Waals surface area contributed by atoms with Crippen LogP contribution in [0.1, 0.15) is 19.3 Å². The van der Waals surface area contributed by atoms with Crippen LogP contribution in [0.3, 0.4) is 0 Å². The van der Waals surface area contributed by atoms with Gasteiger partial charge in [-0.1, -0.05) is 25.3 Å². The molecule has 0 aliphatic heterocycles. The van der Waals surface area contributed by atoms with Gasteiger partial charge in [-0.15, -0.1) is 0 Å². The van der Waals surface area contributed by atoms with Gasteiger partial charge >= 0.3 is 11.9 Å².